The van der Waals surface area contributed by atoms with Crippen molar-refractivity contribution in [1.29, 1.82) is 0 Å². The minimum atomic E-state index is -0.114. The van der Waals surface area contributed by atoms with Gasteiger partial charge in [0.1, 0.15) is 5.82 Å². The molecule has 42 heavy (non-hydrogen) atoms. The molecule has 0 aliphatic heterocycles. The molecule has 216 valence electrons. The van der Waals surface area contributed by atoms with Crippen molar-refractivity contribution in [3.05, 3.63) is 126 Å². The summed E-state index contributed by atoms with van der Waals surface area (Å²) in [6.07, 6.45) is 6.60. The highest BCUT2D eigenvalue weighted by atomic mass is 16.1. The Labute approximate surface area is 248 Å². The molecule has 3 aromatic carbocycles. The van der Waals surface area contributed by atoms with Crippen molar-refractivity contribution >= 4 is 22.5 Å². The number of carbonyl (C=O) groups is 1. The molecule has 1 atom stereocenters. The lowest BCUT2D eigenvalue weighted by Gasteiger charge is -2.21. The topological polar surface area (TPSA) is 85.9 Å². The standard InChI is InChI=1S/C35H40N6O/c1-3-21-41(22-4-2)25-27-11-16-30(17-12-27)39-35(42)29-13-9-26(10-14-29)24-38-33(23-34-36-19-20-37-34)32-18-15-28-7-5-6-8-31(28)40-32/h5-20,33,38H,3-4,21-25H2,1-2H3,(H,36,37)(H,39,42). The number of rotatable bonds is 14. The molecule has 7 nitrogen and oxygen atoms in total. The van der Waals surface area contributed by atoms with E-state index in [9.17, 15) is 4.79 Å². The van der Waals surface area contributed by atoms with Crippen molar-refractivity contribution in [2.75, 3.05) is 18.4 Å². The first-order chi connectivity index (χ1) is 20.6. The largest absolute Gasteiger partial charge is 0.349 e. The Morgan fingerprint density at radius 3 is 2.33 bits per heavy atom. The fourth-order valence-electron chi connectivity index (χ4n) is 5.23. The van der Waals surface area contributed by atoms with Crippen LogP contribution in [0.15, 0.2) is 97.3 Å². The zero-order valence-corrected chi connectivity index (χ0v) is 24.5. The van der Waals surface area contributed by atoms with E-state index in [1.807, 2.05) is 60.8 Å². The van der Waals surface area contributed by atoms with Gasteiger partial charge in [-0.15, -0.1) is 0 Å². The summed E-state index contributed by atoms with van der Waals surface area (Å²) in [7, 11) is 0. The van der Waals surface area contributed by atoms with Gasteiger partial charge < -0.3 is 15.6 Å². The summed E-state index contributed by atoms with van der Waals surface area (Å²) in [4.78, 5) is 28.0. The van der Waals surface area contributed by atoms with Gasteiger partial charge in [-0.1, -0.05) is 62.4 Å². The van der Waals surface area contributed by atoms with Crippen LogP contribution in [0.1, 0.15) is 65.7 Å². The second-order valence-electron chi connectivity index (χ2n) is 10.7. The van der Waals surface area contributed by atoms with Crippen LogP contribution in [0.5, 0.6) is 0 Å². The molecule has 5 aromatic rings. The molecule has 0 bridgehead atoms. The molecule has 3 N–H and O–H groups in total. The first kappa shape index (κ1) is 29.2. The minimum Gasteiger partial charge on any atom is -0.349 e. The normalized spacial score (nSPS) is 12.1. The van der Waals surface area contributed by atoms with Gasteiger partial charge in [-0.3, -0.25) is 14.7 Å². The van der Waals surface area contributed by atoms with Crippen LogP contribution in [0.4, 0.5) is 5.69 Å². The summed E-state index contributed by atoms with van der Waals surface area (Å²) in [5.74, 6) is 0.790. The van der Waals surface area contributed by atoms with E-state index in [-0.39, 0.29) is 11.9 Å². The van der Waals surface area contributed by atoms with Gasteiger partial charge in [0, 0.05) is 48.5 Å². The van der Waals surface area contributed by atoms with Crippen LogP contribution in [-0.4, -0.2) is 38.8 Å². The van der Waals surface area contributed by atoms with Gasteiger partial charge in [0.25, 0.3) is 5.91 Å². The van der Waals surface area contributed by atoms with Gasteiger partial charge >= 0.3 is 0 Å². The van der Waals surface area contributed by atoms with Crippen LogP contribution in [0.25, 0.3) is 10.9 Å². The predicted molar refractivity (Wildman–Crippen MR) is 170 cm³/mol. The van der Waals surface area contributed by atoms with Gasteiger partial charge in [-0.2, -0.15) is 0 Å². The SMILES string of the molecule is CCCN(CCC)Cc1ccc(NC(=O)c2ccc(CNC(Cc3ncc[nH]3)c3ccc4ccccc4n3)cc2)cc1. The molecule has 0 radical (unpaired) electrons. The number of nitrogens with zero attached hydrogens (tertiary/aromatic N) is 3. The van der Waals surface area contributed by atoms with Crippen LogP contribution < -0.4 is 10.6 Å². The third-order valence-electron chi connectivity index (χ3n) is 7.40. The van der Waals surface area contributed by atoms with E-state index in [1.54, 1.807) is 6.20 Å². The highest BCUT2D eigenvalue weighted by Crippen LogP contribution is 2.20. The highest BCUT2D eigenvalue weighted by Gasteiger charge is 2.16. The lowest BCUT2D eigenvalue weighted by molar-refractivity contribution is 0.102. The highest BCUT2D eigenvalue weighted by molar-refractivity contribution is 6.04. The summed E-state index contributed by atoms with van der Waals surface area (Å²) in [5, 5.41) is 7.80. The van der Waals surface area contributed by atoms with E-state index in [4.69, 9.17) is 4.98 Å². The third-order valence-corrected chi connectivity index (χ3v) is 7.40. The second kappa shape index (κ2) is 14.5. The molecular formula is C35H40N6O. The summed E-state index contributed by atoms with van der Waals surface area (Å²) in [6, 6.07) is 28.3. The monoisotopic (exact) mass is 560 g/mol. The number of nitrogens with one attached hydrogen (secondary N) is 3. The predicted octanol–water partition coefficient (Wildman–Crippen LogP) is 6.91. The van der Waals surface area contributed by atoms with Crippen LogP contribution in [0.2, 0.25) is 0 Å². The molecule has 0 aliphatic rings. The maximum Gasteiger partial charge on any atom is 0.255 e. The minimum absolute atomic E-state index is 0.0253. The van der Waals surface area contributed by atoms with Gasteiger partial charge in [-0.25, -0.2) is 4.98 Å². The Balaban J connectivity index is 1.19. The summed E-state index contributed by atoms with van der Waals surface area (Å²) in [6.45, 7) is 8.20. The number of aromatic amines is 1. The number of benzene rings is 3. The molecule has 1 unspecified atom stereocenters. The molecular weight excluding hydrogens is 520 g/mol. The lowest BCUT2D eigenvalue weighted by atomic mass is 10.1. The Morgan fingerprint density at radius 1 is 0.881 bits per heavy atom. The zero-order chi connectivity index (χ0) is 29.1. The summed E-state index contributed by atoms with van der Waals surface area (Å²) < 4.78 is 0. The van der Waals surface area contributed by atoms with E-state index in [2.05, 4.69) is 69.7 Å². The number of hydrogen-bond donors (Lipinski definition) is 3. The number of aromatic nitrogens is 3. The van der Waals surface area contributed by atoms with Crippen LogP contribution in [0.3, 0.4) is 0 Å². The Hall–Kier alpha value is -4.33. The number of hydrogen-bond acceptors (Lipinski definition) is 5. The maximum atomic E-state index is 12.9. The number of carbonyl (C=O) groups excluding carboxylic acids is 1. The maximum absolute atomic E-state index is 12.9. The molecule has 0 saturated carbocycles. The van der Waals surface area contributed by atoms with Crippen molar-refractivity contribution in [3.8, 4) is 0 Å². The molecule has 0 saturated heterocycles. The number of pyridine rings is 1. The zero-order valence-electron chi connectivity index (χ0n) is 24.5. The summed E-state index contributed by atoms with van der Waals surface area (Å²) in [5.41, 5.74) is 5.72. The van der Waals surface area contributed by atoms with E-state index in [0.717, 1.165) is 66.1 Å². The molecule has 7 heteroatoms. The van der Waals surface area contributed by atoms with Crippen LogP contribution in [0, 0.1) is 0 Å². The lowest BCUT2D eigenvalue weighted by Crippen LogP contribution is -2.24. The van der Waals surface area contributed by atoms with Gasteiger partial charge in [0.15, 0.2) is 0 Å². The molecule has 2 heterocycles. The Bertz CT molecular complexity index is 1540. The first-order valence-electron chi connectivity index (χ1n) is 14.9. The van der Waals surface area contributed by atoms with Crippen molar-refractivity contribution in [2.24, 2.45) is 0 Å². The summed E-state index contributed by atoms with van der Waals surface area (Å²) >= 11 is 0. The fourth-order valence-corrected chi connectivity index (χ4v) is 5.23. The number of imidazole rings is 1. The number of anilines is 1. The van der Waals surface area contributed by atoms with Gasteiger partial charge in [0.05, 0.1) is 17.3 Å². The molecule has 0 aliphatic carbocycles. The van der Waals surface area contributed by atoms with Crippen molar-refractivity contribution in [2.45, 2.75) is 52.2 Å². The number of H-pyrrole nitrogens is 1. The Morgan fingerprint density at radius 2 is 1.62 bits per heavy atom. The van der Waals surface area contributed by atoms with Gasteiger partial charge in [-0.05, 0) is 73.5 Å². The number of fused-ring (bicyclic) bond motifs is 1. The first-order valence-corrected chi connectivity index (χ1v) is 14.9. The quantitative estimate of drug-likeness (QED) is 0.137. The smallest absolute Gasteiger partial charge is 0.255 e. The fraction of sp³-hybridized carbons (Fsp3) is 0.286. The van der Waals surface area contributed by atoms with Crippen molar-refractivity contribution < 1.29 is 4.79 Å². The third kappa shape index (κ3) is 7.90. The molecule has 0 spiro atoms. The van der Waals surface area contributed by atoms with E-state index in [1.165, 1.54) is 5.56 Å². The van der Waals surface area contributed by atoms with E-state index >= 15 is 0 Å². The van der Waals surface area contributed by atoms with Crippen molar-refractivity contribution in [3.63, 3.8) is 0 Å². The molecule has 2 aromatic heterocycles. The van der Waals surface area contributed by atoms with E-state index < -0.39 is 0 Å². The number of para-hydroxylation sites is 1. The van der Waals surface area contributed by atoms with Crippen LogP contribution >= 0.6 is 0 Å². The van der Waals surface area contributed by atoms with E-state index in [0.29, 0.717) is 18.5 Å². The van der Waals surface area contributed by atoms with Crippen molar-refractivity contribution in [1.82, 2.24) is 25.2 Å². The average Bonchev–Trinajstić information content (AvgIpc) is 3.54. The average molecular weight is 561 g/mol. The van der Waals surface area contributed by atoms with Gasteiger partial charge in [0.2, 0.25) is 0 Å². The molecule has 1 amide bonds. The number of amides is 1. The Kier molecular flexibility index (Phi) is 10.1. The van der Waals surface area contributed by atoms with Crippen LogP contribution in [-0.2, 0) is 19.5 Å². The molecule has 0 fully saturated rings. The second-order valence-corrected chi connectivity index (χ2v) is 10.7. The molecule has 5 rings (SSSR count).